The van der Waals surface area contributed by atoms with Crippen LogP contribution in [-0.4, -0.2) is 29.0 Å². The first-order valence-electron chi connectivity index (χ1n) is 6.63. The minimum Gasteiger partial charge on any atom is -0.493 e. The van der Waals surface area contributed by atoms with Gasteiger partial charge in [0.05, 0.1) is 18.8 Å². The molecule has 0 amide bonds. The summed E-state index contributed by atoms with van der Waals surface area (Å²) in [6.45, 7) is 2.08. The van der Waals surface area contributed by atoms with Gasteiger partial charge in [0.2, 0.25) is 0 Å². The predicted molar refractivity (Wildman–Crippen MR) is 74.9 cm³/mol. The Balaban J connectivity index is 1.98. The van der Waals surface area contributed by atoms with Crippen LogP contribution in [0.4, 0.5) is 0 Å². The van der Waals surface area contributed by atoms with Gasteiger partial charge in [0.1, 0.15) is 11.3 Å². The second kappa shape index (κ2) is 6.54. The van der Waals surface area contributed by atoms with Crippen molar-refractivity contribution < 1.29 is 19.4 Å². The monoisotopic (exact) mass is 278 g/mol. The first-order chi connectivity index (χ1) is 9.60. The number of aliphatic hydroxyl groups is 2. The van der Waals surface area contributed by atoms with E-state index in [4.69, 9.17) is 9.15 Å². The van der Waals surface area contributed by atoms with E-state index in [1.807, 2.05) is 0 Å². The third-order valence-electron chi connectivity index (χ3n) is 3.14. The van der Waals surface area contributed by atoms with E-state index in [1.165, 1.54) is 6.07 Å². The minimum atomic E-state index is -0.793. The summed E-state index contributed by atoms with van der Waals surface area (Å²) >= 11 is 0. The zero-order valence-corrected chi connectivity index (χ0v) is 11.3. The molecule has 2 rings (SSSR count). The predicted octanol–water partition coefficient (Wildman–Crippen LogP) is 1.69. The standard InChI is InChI=1S/C15H18O5/c1-2-12(16)13(17)7-8-19-11-5-3-10-4-6-15(18)20-14(10)9-11/h3-6,9,12-13,16-17H,2,7-8H2,1H3. The normalized spacial score (nSPS) is 14.2. The molecule has 2 N–H and O–H groups in total. The van der Waals surface area contributed by atoms with E-state index in [9.17, 15) is 15.0 Å². The maximum Gasteiger partial charge on any atom is 0.336 e. The zero-order valence-electron chi connectivity index (χ0n) is 11.3. The van der Waals surface area contributed by atoms with Crippen LogP contribution < -0.4 is 10.4 Å². The van der Waals surface area contributed by atoms with Gasteiger partial charge in [-0.25, -0.2) is 4.79 Å². The molecular weight excluding hydrogens is 260 g/mol. The SMILES string of the molecule is CCC(O)C(O)CCOc1ccc2ccc(=O)oc2c1. The van der Waals surface area contributed by atoms with Crippen LogP contribution in [0.15, 0.2) is 39.5 Å². The Morgan fingerprint density at radius 3 is 2.70 bits per heavy atom. The van der Waals surface area contributed by atoms with Crippen LogP contribution in [0, 0.1) is 0 Å². The molecule has 0 spiro atoms. The first kappa shape index (κ1) is 14.6. The third-order valence-corrected chi connectivity index (χ3v) is 3.14. The summed E-state index contributed by atoms with van der Waals surface area (Å²) in [5, 5.41) is 19.9. The second-order valence-corrected chi connectivity index (χ2v) is 4.63. The Bertz CT molecular complexity index is 619. The highest BCUT2D eigenvalue weighted by Crippen LogP contribution is 2.19. The Morgan fingerprint density at radius 2 is 1.95 bits per heavy atom. The number of benzene rings is 1. The molecule has 0 radical (unpaired) electrons. The molecule has 5 heteroatoms. The van der Waals surface area contributed by atoms with E-state index in [1.54, 1.807) is 31.2 Å². The van der Waals surface area contributed by atoms with E-state index in [2.05, 4.69) is 0 Å². The third kappa shape index (κ3) is 3.59. The van der Waals surface area contributed by atoms with Crippen LogP contribution in [0.1, 0.15) is 19.8 Å². The molecule has 2 unspecified atom stereocenters. The van der Waals surface area contributed by atoms with Crippen LogP contribution in [0.25, 0.3) is 11.0 Å². The average molecular weight is 278 g/mol. The molecular formula is C15H18O5. The molecule has 0 aliphatic carbocycles. The number of hydrogen-bond donors (Lipinski definition) is 2. The highest BCUT2D eigenvalue weighted by Gasteiger charge is 2.13. The number of rotatable bonds is 6. The molecule has 0 aliphatic heterocycles. The maximum atomic E-state index is 11.1. The fraction of sp³-hybridized carbons (Fsp3) is 0.400. The van der Waals surface area contributed by atoms with E-state index in [0.29, 0.717) is 24.2 Å². The molecule has 2 atom stereocenters. The lowest BCUT2D eigenvalue weighted by atomic mass is 10.1. The van der Waals surface area contributed by atoms with Crippen molar-refractivity contribution in [1.29, 1.82) is 0 Å². The van der Waals surface area contributed by atoms with Gasteiger partial charge in [-0.05, 0) is 24.6 Å². The quantitative estimate of drug-likeness (QED) is 0.786. The second-order valence-electron chi connectivity index (χ2n) is 4.63. The summed E-state index contributed by atoms with van der Waals surface area (Å²) in [5.74, 6) is 0.560. The molecule has 1 aromatic heterocycles. The molecule has 20 heavy (non-hydrogen) atoms. The molecule has 5 nitrogen and oxygen atoms in total. The molecule has 0 saturated carbocycles. The number of aliphatic hydroxyl groups excluding tert-OH is 2. The molecule has 1 aromatic carbocycles. The highest BCUT2D eigenvalue weighted by atomic mass is 16.5. The largest absolute Gasteiger partial charge is 0.493 e. The van der Waals surface area contributed by atoms with Crippen molar-refractivity contribution >= 4 is 11.0 Å². The summed E-state index contributed by atoms with van der Waals surface area (Å²) < 4.78 is 10.5. The maximum absolute atomic E-state index is 11.1. The van der Waals surface area contributed by atoms with Crippen molar-refractivity contribution in [1.82, 2.24) is 0 Å². The minimum absolute atomic E-state index is 0.279. The van der Waals surface area contributed by atoms with Crippen molar-refractivity contribution in [3.8, 4) is 5.75 Å². The number of ether oxygens (including phenoxy) is 1. The van der Waals surface area contributed by atoms with Crippen LogP contribution in [0.3, 0.4) is 0 Å². The van der Waals surface area contributed by atoms with Crippen LogP contribution >= 0.6 is 0 Å². The number of fused-ring (bicyclic) bond motifs is 1. The van der Waals surface area contributed by atoms with Gasteiger partial charge < -0.3 is 19.4 Å². The highest BCUT2D eigenvalue weighted by molar-refractivity contribution is 5.77. The smallest absolute Gasteiger partial charge is 0.336 e. The zero-order chi connectivity index (χ0) is 14.5. The van der Waals surface area contributed by atoms with Gasteiger partial charge in [0.25, 0.3) is 0 Å². The van der Waals surface area contributed by atoms with Crippen LogP contribution in [-0.2, 0) is 0 Å². The summed E-state index contributed by atoms with van der Waals surface area (Å²) in [4.78, 5) is 11.1. The van der Waals surface area contributed by atoms with Crippen molar-refractivity contribution in [3.63, 3.8) is 0 Å². The Kier molecular flexibility index (Phi) is 4.76. The fourth-order valence-electron chi connectivity index (χ4n) is 1.89. The van der Waals surface area contributed by atoms with E-state index >= 15 is 0 Å². The van der Waals surface area contributed by atoms with Gasteiger partial charge in [-0.15, -0.1) is 0 Å². The topological polar surface area (TPSA) is 79.9 Å². The Labute approximate surface area is 116 Å². The molecule has 108 valence electrons. The molecule has 1 heterocycles. The molecule has 0 aliphatic rings. The summed E-state index contributed by atoms with van der Waals surface area (Å²) in [7, 11) is 0. The van der Waals surface area contributed by atoms with Crippen molar-refractivity contribution in [2.45, 2.75) is 32.0 Å². The molecule has 2 aromatic rings. The summed E-state index contributed by atoms with van der Waals surface area (Å²) in [5.41, 5.74) is 0.0558. The van der Waals surface area contributed by atoms with Gasteiger partial charge >= 0.3 is 5.63 Å². The molecule has 0 bridgehead atoms. The fourth-order valence-corrected chi connectivity index (χ4v) is 1.89. The van der Waals surface area contributed by atoms with Gasteiger partial charge in [-0.3, -0.25) is 0 Å². The van der Waals surface area contributed by atoms with E-state index < -0.39 is 17.8 Å². The number of hydrogen-bond acceptors (Lipinski definition) is 5. The van der Waals surface area contributed by atoms with E-state index in [-0.39, 0.29) is 6.61 Å². The van der Waals surface area contributed by atoms with Crippen molar-refractivity contribution in [2.75, 3.05) is 6.61 Å². The summed E-state index contributed by atoms with van der Waals surface area (Å²) in [6.07, 6.45) is -0.680. The lowest BCUT2D eigenvalue weighted by Crippen LogP contribution is -2.26. The lowest BCUT2D eigenvalue weighted by molar-refractivity contribution is 0.00569. The lowest BCUT2D eigenvalue weighted by Gasteiger charge is -2.16. The summed E-state index contributed by atoms with van der Waals surface area (Å²) in [6, 6.07) is 8.26. The average Bonchev–Trinajstić information content (AvgIpc) is 2.45. The molecule has 0 saturated heterocycles. The van der Waals surface area contributed by atoms with Gasteiger partial charge in [-0.1, -0.05) is 6.92 Å². The van der Waals surface area contributed by atoms with Gasteiger partial charge in [0.15, 0.2) is 0 Å². The van der Waals surface area contributed by atoms with Crippen LogP contribution in [0.5, 0.6) is 5.75 Å². The Morgan fingerprint density at radius 1 is 1.20 bits per heavy atom. The van der Waals surface area contributed by atoms with Crippen molar-refractivity contribution in [2.24, 2.45) is 0 Å². The molecule has 0 fully saturated rings. The van der Waals surface area contributed by atoms with Crippen LogP contribution in [0.2, 0.25) is 0 Å². The Hall–Kier alpha value is -1.85. The van der Waals surface area contributed by atoms with Gasteiger partial charge in [0, 0.05) is 23.9 Å². The van der Waals surface area contributed by atoms with E-state index in [0.717, 1.165) is 5.39 Å². The van der Waals surface area contributed by atoms with Gasteiger partial charge in [-0.2, -0.15) is 0 Å². The first-order valence-corrected chi connectivity index (χ1v) is 6.63. The van der Waals surface area contributed by atoms with Crippen molar-refractivity contribution in [3.05, 3.63) is 40.8 Å².